The van der Waals surface area contributed by atoms with Crippen molar-refractivity contribution in [1.82, 2.24) is 9.88 Å². The number of rotatable bonds is 7. The van der Waals surface area contributed by atoms with Gasteiger partial charge in [0.05, 0.1) is 5.41 Å². The summed E-state index contributed by atoms with van der Waals surface area (Å²) in [6.45, 7) is 2.72. The molecule has 1 aliphatic rings. The molecule has 23 heavy (non-hydrogen) atoms. The van der Waals surface area contributed by atoms with Crippen LogP contribution in [0.5, 0.6) is 0 Å². The van der Waals surface area contributed by atoms with Crippen molar-refractivity contribution >= 4 is 11.8 Å². The highest BCUT2D eigenvalue weighted by molar-refractivity contribution is 5.75. The molecule has 1 N–H and O–H groups in total. The molecule has 1 aliphatic heterocycles. The summed E-state index contributed by atoms with van der Waals surface area (Å²) >= 11 is 0. The first-order valence-corrected chi connectivity index (χ1v) is 8.04. The Hall–Kier alpha value is -1.66. The number of hydrogen-bond donors (Lipinski definition) is 1. The summed E-state index contributed by atoms with van der Waals surface area (Å²) < 4.78 is 5.11. The van der Waals surface area contributed by atoms with Crippen LogP contribution in [0.2, 0.25) is 0 Å². The third-order valence-electron chi connectivity index (χ3n) is 4.57. The van der Waals surface area contributed by atoms with Crippen molar-refractivity contribution in [3.8, 4) is 0 Å². The number of pyridine rings is 1. The number of carboxylic acids is 1. The second-order valence-corrected chi connectivity index (χ2v) is 6.56. The third kappa shape index (κ3) is 4.42. The molecule has 0 bridgehead atoms. The highest BCUT2D eigenvalue weighted by atomic mass is 16.5. The van der Waals surface area contributed by atoms with Gasteiger partial charge in [0.2, 0.25) is 0 Å². The van der Waals surface area contributed by atoms with Crippen LogP contribution in [-0.4, -0.2) is 61.9 Å². The predicted molar refractivity (Wildman–Crippen MR) is 89.6 cm³/mol. The maximum Gasteiger partial charge on any atom is 0.311 e. The summed E-state index contributed by atoms with van der Waals surface area (Å²) in [7, 11) is 5.54. The Morgan fingerprint density at radius 2 is 2.26 bits per heavy atom. The molecule has 1 fully saturated rings. The lowest BCUT2D eigenvalue weighted by Crippen LogP contribution is -2.48. The first kappa shape index (κ1) is 17.7. The number of piperidine rings is 1. The number of nitrogens with zero attached hydrogens (tertiary/aromatic N) is 3. The van der Waals surface area contributed by atoms with E-state index in [1.54, 1.807) is 7.11 Å². The average molecular weight is 321 g/mol. The van der Waals surface area contributed by atoms with Gasteiger partial charge >= 0.3 is 5.97 Å². The first-order chi connectivity index (χ1) is 11.0. The zero-order valence-corrected chi connectivity index (χ0v) is 14.3. The quantitative estimate of drug-likeness (QED) is 0.827. The van der Waals surface area contributed by atoms with Gasteiger partial charge in [-0.1, -0.05) is 6.07 Å². The van der Waals surface area contributed by atoms with E-state index < -0.39 is 11.4 Å². The van der Waals surface area contributed by atoms with Gasteiger partial charge in [0.1, 0.15) is 5.82 Å². The lowest BCUT2D eigenvalue weighted by Gasteiger charge is -2.40. The normalized spacial score (nSPS) is 22.0. The number of likely N-dealkylation sites (tertiary alicyclic amines) is 1. The summed E-state index contributed by atoms with van der Waals surface area (Å²) in [4.78, 5) is 20.4. The number of aromatic nitrogens is 1. The zero-order valence-electron chi connectivity index (χ0n) is 14.3. The van der Waals surface area contributed by atoms with Crippen molar-refractivity contribution in [2.45, 2.75) is 25.8 Å². The van der Waals surface area contributed by atoms with Gasteiger partial charge in [0, 0.05) is 47.1 Å². The van der Waals surface area contributed by atoms with Gasteiger partial charge in [-0.2, -0.15) is 0 Å². The van der Waals surface area contributed by atoms with Crippen LogP contribution < -0.4 is 4.90 Å². The Bertz CT molecular complexity index is 518. The number of carboxylic acid groups (broad SMARTS) is 1. The number of anilines is 1. The van der Waals surface area contributed by atoms with Crippen LogP contribution >= 0.6 is 0 Å². The topological polar surface area (TPSA) is 65.9 Å². The van der Waals surface area contributed by atoms with Crippen LogP contribution in [0.15, 0.2) is 18.3 Å². The monoisotopic (exact) mass is 321 g/mol. The Labute approximate surface area is 138 Å². The Morgan fingerprint density at radius 1 is 1.48 bits per heavy atom. The first-order valence-electron chi connectivity index (χ1n) is 8.04. The maximum atomic E-state index is 11.8. The van der Waals surface area contributed by atoms with Crippen molar-refractivity contribution in [3.05, 3.63) is 23.9 Å². The van der Waals surface area contributed by atoms with Crippen molar-refractivity contribution < 1.29 is 14.6 Å². The second kappa shape index (κ2) is 7.75. The molecule has 0 saturated carbocycles. The van der Waals surface area contributed by atoms with Gasteiger partial charge in [-0.05, 0) is 37.4 Å². The lowest BCUT2D eigenvalue weighted by molar-refractivity contribution is -0.154. The minimum absolute atomic E-state index is 0.485. The van der Waals surface area contributed by atoms with E-state index >= 15 is 0 Å². The van der Waals surface area contributed by atoms with Gasteiger partial charge in [0.25, 0.3) is 0 Å². The van der Waals surface area contributed by atoms with Crippen LogP contribution in [0.1, 0.15) is 24.8 Å². The van der Waals surface area contributed by atoms with Gasteiger partial charge in [-0.25, -0.2) is 4.98 Å². The van der Waals surface area contributed by atoms with E-state index in [2.05, 4.69) is 16.0 Å². The largest absolute Gasteiger partial charge is 0.481 e. The summed E-state index contributed by atoms with van der Waals surface area (Å²) in [6, 6.07) is 4.06. The van der Waals surface area contributed by atoms with E-state index in [0.29, 0.717) is 19.6 Å². The van der Waals surface area contributed by atoms with Gasteiger partial charge < -0.3 is 14.7 Å². The number of hydrogen-bond acceptors (Lipinski definition) is 5. The third-order valence-corrected chi connectivity index (χ3v) is 4.57. The van der Waals surface area contributed by atoms with Crippen molar-refractivity contribution in [2.75, 3.05) is 45.8 Å². The molecule has 1 aromatic rings. The van der Waals surface area contributed by atoms with Crippen molar-refractivity contribution in [2.24, 2.45) is 5.41 Å². The Morgan fingerprint density at radius 3 is 2.83 bits per heavy atom. The molecule has 0 radical (unpaired) electrons. The zero-order chi connectivity index (χ0) is 16.9. The fourth-order valence-electron chi connectivity index (χ4n) is 3.18. The molecule has 1 atom stereocenters. The molecule has 1 saturated heterocycles. The molecule has 2 heterocycles. The fraction of sp³-hybridized carbons (Fsp3) is 0.647. The molecular weight excluding hydrogens is 294 g/mol. The number of ether oxygens (including phenoxy) is 1. The number of aliphatic carboxylic acids is 1. The molecular formula is C17H27N3O3. The standard InChI is InChI=1S/C17H27N3O3/c1-19(2)15-6-5-14(11-18-15)12-20-9-4-7-17(13-20,16(21)22)8-10-23-3/h5-6,11H,4,7-10,12-13H2,1-3H3,(H,21,22). The minimum atomic E-state index is -0.708. The van der Waals surface area contributed by atoms with Gasteiger partial charge in [-0.15, -0.1) is 0 Å². The van der Waals surface area contributed by atoms with Gasteiger partial charge in [0.15, 0.2) is 0 Å². The smallest absolute Gasteiger partial charge is 0.311 e. The summed E-state index contributed by atoms with van der Waals surface area (Å²) in [5.74, 6) is 0.215. The van der Waals surface area contributed by atoms with E-state index in [1.165, 1.54) is 0 Å². The maximum absolute atomic E-state index is 11.8. The molecule has 0 aromatic carbocycles. The number of carbonyl (C=O) groups is 1. The average Bonchev–Trinajstić information content (AvgIpc) is 2.53. The van der Waals surface area contributed by atoms with Crippen LogP contribution in [0.4, 0.5) is 5.82 Å². The Kier molecular flexibility index (Phi) is 5.96. The molecule has 0 amide bonds. The highest BCUT2D eigenvalue weighted by Gasteiger charge is 2.41. The molecule has 2 rings (SSSR count). The van der Waals surface area contributed by atoms with Crippen LogP contribution in [0.3, 0.4) is 0 Å². The SMILES string of the molecule is COCCC1(C(=O)O)CCCN(Cc2ccc(N(C)C)nc2)C1. The molecule has 6 heteroatoms. The van der Waals surface area contributed by atoms with Crippen LogP contribution in [-0.2, 0) is 16.1 Å². The summed E-state index contributed by atoms with van der Waals surface area (Å²) in [5, 5.41) is 9.70. The van der Waals surface area contributed by atoms with Crippen molar-refractivity contribution in [1.29, 1.82) is 0 Å². The van der Waals surface area contributed by atoms with E-state index in [9.17, 15) is 9.90 Å². The number of methoxy groups -OCH3 is 1. The predicted octanol–water partition coefficient (Wildman–Crippen LogP) is 1.85. The lowest BCUT2D eigenvalue weighted by atomic mass is 9.77. The highest BCUT2D eigenvalue weighted by Crippen LogP contribution is 2.34. The molecule has 0 spiro atoms. The molecule has 128 valence electrons. The minimum Gasteiger partial charge on any atom is -0.481 e. The fourth-order valence-corrected chi connectivity index (χ4v) is 3.18. The van der Waals surface area contributed by atoms with E-state index in [4.69, 9.17) is 4.74 Å². The Balaban J connectivity index is 2.03. The summed E-state index contributed by atoms with van der Waals surface area (Å²) in [5.41, 5.74) is 0.425. The van der Waals surface area contributed by atoms with Crippen LogP contribution in [0, 0.1) is 5.41 Å². The van der Waals surface area contributed by atoms with Crippen LogP contribution in [0.25, 0.3) is 0 Å². The molecule has 1 aromatic heterocycles. The van der Waals surface area contributed by atoms with E-state index in [1.807, 2.05) is 31.3 Å². The molecule has 6 nitrogen and oxygen atoms in total. The second-order valence-electron chi connectivity index (χ2n) is 6.56. The van der Waals surface area contributed by atoms with E-state index in [-0.39, 0.29) is 0 Å². The molecule has 0 aliphatic carbocycles. The van der Waals surface area contributed by atoms with Gasteiger partial charge in [-0.3, -0.25) is 9.69 Å². The molecule has 1 unspecified atom stereocenters. The van der Waals surface area contributed by atoms with Crippen molar-refractivity contribution in [3.63, 3.8) is 0 Å². The summed E-state index contributed by atoms with van der Waals surface area (Å²) in [6.07, 6.45) is 4.06. The van der Waals surface area contributed by atoms with E-state index in [0.717, 1.165) is 37.3 Å².